The SMILES string of the molecule is N.O.[As].[Cu]. The fourth-order valence-electron chi connectivity index (χ4n) is 0. The second-order valence-electron chi connectivity index (χ2n) is 0. The molecule has 0 rings (SSSR count). The molecular weight excluding hydrogens is 168 g/mol. The summed E-state index contributed by atoms with van der Waals surface area (Å²) in [6, 6.07) is 0. The summed E-state index contributed by atoms with van der Waals surface area (Å²) >= 11 is 0. The molecule has 0 heterocycles. The van der Waals surface area contributed by atoms with Crippen LogP contribution in [0.2, 0.25) is 0 Å². The summed E-state index contributed by atoms with van der Waals surface area (Å²) in [6.45, 7) is 0. The van der Waals surface area contributed by atoms with Gasteiger partial charge >= 0.3 is 0 Å². The van der Waals surface area contributed by atoms with Crippen molar-refractivity contribution in [2.24, 2.45) is 0 Å². The first-order valence-corrected chi connectivity index (χ1v) is 0. The van der Waals surface area contributed by atoms with Gasteiger partial charge in [0, 0.05) is 35.0 Å². The molecule has 5 N–H and O–H groups in total. The van der Waals surface area contributed by atoms with E-state index in [1.165, 1.54) is 0 Å². The van der Waals surface area contributed by atoms with Crippen LogP contribution in [0.4, 0.5) is 0 Å². The van der Waals surface area contributed by atoms with Crippen LogP contribution in [0, 0.1) is 0 Å². The van der Waals surface area contributed by atoms with Crippen molar-refractivity contribution < 1.29 is 22.5 Å². The molecule has 4 radical (unpaired) electrons. The first-order chi connectivity index (χ1) is 0. The van der Waals surface area contributed by atoms with Gasteiger partial charge in [-0.15, -0.1) is 0 Å². The van der Waals surface area contributed by atoms with Crippen LogP contribution in [-0.4, -0.2) is 23.4 Å². The van der Waals surface area contributed by atoms with Gasteiger partial charge in [-0.3, -0.25) is 0 Å². The zero-order valence-electron chi connectivity index (χ0n) is 1.96. The number of rotatable bonds is 0. The van der Waals surface area contributed by atoms with Gasteiger partial charge in [0.1, 0.15) is 0 Å². The van der Waals surface area contributed by atoms with Crippen molar-refractivity contribution in [2.75, 3.05) is 0 Å². The largest absolute Gasteiger partial charge is 0.412 e. The second kappa shape index (κ2) is 36.1. The summed E-state index contributed by atoms with van der Waals surface area (Å²) in [5, 5.41) is 0. The van der Waals surface area contributed by atoms with Crippen LogP contribution in [-0.2, 0) is 17.1 Å². The molecule has 0 aromatic carbocycles. The van der Waals surface area contributed by atoms with Gasteiger partial charge in [0.2, 0.25) is 0 Å². The first kappa shape index (κ1) is 80.2. The van der Waals surface area contributed by atoms with Crippen molar-refractivity contribution in [3.05, 3.63) is 0 Å². The topological polar surface area (TPSA) is 66.5 Å². The molecule has 0 aliphatic heterocycles. The maximum absolute atomic E-state index is 0. The van der Waals surface area contributed by atoms with Crippen LogP contribution in [0.1, 0.15) is 0 Å². The summed E-state index contributed by atoms with van der Waals surface area (Å²) in [5.41, 5.74) is 0. The van der Waals surface area contributed by atoms with Gasteiger partial charge < -0.3 is 11.6 Å². The van der Waals surface area contributed by atoms with E-state index in [0.717, 1.165) is 0 Å². The molecule has 0 aromatic rings. The molecule has 0 saturated carbocycles. The van der Waals surface area contributed by atoms with E-state index >= 15 is 0 Å². The third kappa shape index (κ3) is 12.0. The van der Waals surface area contributed by atoms with Gasteiger partial charge in [0.15, 0.2) is 0 Å². The molecular formula is H5AsCuNO. The summed E-state index contributed by atoms with van der Waals surface area (Å²) in [7, 11) is 0. The minimum absolute atomic E-state index is 0. The molecule has 0 saturated heterocycles. The predicted octanol–water partition coefficient (Wildman–Crippen LogP) is -1.05. The Hall–Kier alpha value is 0.998. The molecule has 0 spiro atoms. The zero-order valence-corrected chi connectivity index (χ0v) is 4.77. The van der Waals surface area contributed by atoms with Crippen molar-refractivity contribution in [1.82, 2.24) is 6.15 Å². The molecule has 0 atom stereocenters. The van der Waals surface area contributed by atoms with Gasteiger partial charge in [-0.2, -0.15) is 0 Å². The molecule has 0 aromatic heterocycles. The van der Waals surface area contributed by atoms with Crippen LogP contribution >= 0.6 is 0 Å². The number of hydrogen-bond acceptors (Lipinski definition) is 1. The normalized spacial score (nSPS) is 0. The Morgan fingerprint density at radius 1 is 1.00 bits per heavy atom. The molecule has 4 heteroatoms. The van der Waals surface area contributed by atoms with Crippen LogP contribution in [0.5, 0.6) is 0 Å². The molecule has 0 unspecified atom stereocenters. The van der Waals surface area contributed by atoms with E-state index < -0.39 is 0 Å². The van der Waals surface area contributed by atoms with Gasteiger partial charge in [-0.1, -0.05) is 0 Å². The minimum Gasteiger partial charge on any atom is -0.412 e. The second-order valence-corrected chi connectivity index (χ2v) is 0. The minimum atomic E-state index is 0. The maximum atomic E-state index is 0. The van der Waals surface area contributed by atoms with Crippen molar-refractivity contribution in [3.63, 3.8) is 0 Å². The van der Waals surface area contributed by atoms with Crippen LogP contribution < -0.4 is 6.15 Å². The molecule has 0 aliphatic rings. The Bertz CT molecular complexity index is 8.00. The Balaban J connectivity index is 0. The Morgan fingerprint density at radius 3 is 1.00 bits per heavy atom. The van der Waals surface area contributed by atoms with Crippen molar-refractivity contribution in [1.29, 1.82) is 0 Å². The van der Waals surface area contributed by atoms with E-state index in [0.29, 0.717) is 0 Å². The van der Waals surface area contributed by atoms with E-state index in [9.17, 15) is 0 Å². The monoisotopic (exact) mass is 173 g/mol. The quantitative estimate of drug-likeness (QED) is 0.467. The Kier molecular flexibility index (Phi) is 724. The third-order valence-electron chi connectivity index (χ3n) is 0. The Labute approximate surface area is 47.0 Å². The van der Waals surface area contributed by atoms with E-state index in [-0.39, 0.29) is 46.6 Å². The summed E-state index contributed by atoms with van der Waals surface area (Å²) in [4.78, 5) is 0. The standard InChI is InChI=1S/As.Cu.H3N.H2O/h;;1H3;1H2. The fourth-order valence-corrected chi connectivity index (χ4v) is 0. The van der Waals surface area contributed by atoms with Crippen LogP contribution in [0.15, 0.2) is 0 Å². The molecule has 0 aliphatic carbocycles. The van der Waals surface area contributed by atoms with Gasteiger partial charge in [-0.05, 0) is 0 Å². The third-order valence-corrected chi connectivity index (χ3v) is 0. The average Bonchev–Trinajstić information content (AvgIpc) is 0. The van der Waals surface area contributed by atoms with Crippen LogP contribution in [0.3, 0.4) is 0 Å². The van der Waals surface area contributed by atoms with E-state index in [2.05, 4.69) is 0 Å². The predicted molar refractivity (Wildman–Crippen MR) is 14.4 cm³/mol. The van der Waals surface area contributed by atoms with Gasteiger partial charge in [0.05, 0.1) is 0 Å². The Morgan fingerprint density at radius 2 is 1.00 bits per heavy atom. The smallest absolute Gasteiger partial charge is 0 e. The molecule has 32 valence electrons. The summed E-state index contributed by atoms with van der Waals surface area (Å²) in [6.07, 6.45) is 0. The molecule has 4 heavy (non-hydrogen) atoms. The van der Waals surface area contributed by atoms with Gasteiger partial charge in [-0.25, -0.2) is 0 Å². The number of hydrogen-bond donors (Lipinski definition) is 1. The van der Waals surface area contributed by atoms with Crippen LogP contribution in [0.25, 0.3) is 0 Å². The van der Waals surface area contributed by atoms with Crippen molar-refractivity contribution in [2.45, 2.75) is 0 Å². The van der Waals surface area contributed by atoms with Crippen molar-refractivity contribution in [3.8, 4) is 0 Å². The summed E-state index contributed by atoms with van der Waals surface area (Å²) < 4.78 is 0. The molecule has 2 nitrogen and oxygen atoms in total. The van der Waals surface area contributed by atoms with Gasteiger partial charge in [0.25, 0.3) is 0 Å². The van der Waals surface area contributed by atoms with Crippen molar-refractivity contribution >= 4 is 18.0 Å². The summed E-state index contributed by atoms with van der Waals surface area (Å²) in [5.74, 6) is 0. The molecule has 0 fully saturated rings. The zero-order chi connectivity index (χ0) is 0. The molecule has 0 bridgehead atoms. The fraction of sp³-hybridized carbons (Fsp3) is 0. The first-order valence-electron chi connectivity index (χ1n) is 0. The van der Waals surface area contributed by atoms with E-state index in [1.807, 2.05) is 0 Å². The molecule has 0 amide bonds. The maximum Gasteiger partial charge on any atom is 0 e. The van der Waals surface area contributed by atoms with E-state index in [1.54, 1.807) is 0 Å². The van der Waals surface area contributed by atoms with E-state index in [4.69, 9.17) is 0 Å². The average molecular weight is 174 g/mol.